The lowest BCUT2D eigenvalue weighted by molar-refractivity contribution is -0.0936. The first kappa shape index (κ1) is 21.7. The molecule has 0 amide bonds. The zero-order valence-corrected chi connectivity index (χ0v) is 18.8. The second kappa shape index (κ2) is 8.78. The maximum Gasteiger partial charge on any atom is 0.302 e. The number of hydrogen-bond donors (Lipinski definition) is 1. The Morgan fingerprint density at radius 3 is 1.94 bits per heavy atom. The minimum Gasteiger partial charge on any atom is -0.453 e. The van der Waals surface area contributed by atoms with E-state index in [4.69, 9.17) is 14.2 Å². The number of aliphatic hydroxyl groups is 1. The van der Waals surface area contributed by atoms with Crippen LogP contribution in [-0.2, 0) is 15.1 Å². The molecule has 1 fully saturated rings. The molecule has 2 aliphatic rings. The van der Waals surface area contributed by atoms with Crippen LogP contribution in [0.5, 0.6) is 6.01 Å². The first-order valence-corrected chi connectivity index (χ1v) is 11.6. The van der Waals surface area contributed by atoms with Crippen LogP contribution in [-0.4, -0.2) is 39.6 Å². The van der Waals surface area contributed by atoms with Gasteiger partial charge >= 0.3 is 6.01 Å². The number of aromatic nitrogens is 2. The summed E-state index contributed by atoms with van der Waals surface area (Å²) < 4.78 is 20.4. The van der Waals surface area contributed by atoms with Crippen molar-refractivity contribution in [3.8, 4) is 6.01 Å². The van der Waals surface area contributed by atoms with Crippen molar-refractivity contribution in [1.82, 2.24) is 9.55 Å². The van der Waals surface area contributed by atoms with Gasteiger partial charge in [-0.15, -0.1) is 0 Å². The van der Waals surface area contributed by atoms with Gasteiger partial charge in [0.05, 0.1) is 6.61 Å². The SMILES string of the molecule is O=c1ccn2c(n1)OC1C(O)C(COC(c3ccccc3)(c3ccccc3)c3ccccc3)OC12. The Kier molecular flexibility index (Phi) is 5.45. The Hall–Kier alpha value is -3.78. The van der Waals surface area contributed by atoms with E-state index < -0.39 is 35.7 Å². The van der Waals surface area contributed by atoms with E-state index in [0.29, 0.717) is 0 Å². The van der Waals surface area contributed by atoms with Crippen molar-refractivity contribution in [3.05, 3.63) is 130 Å². The van der Waals surface area contributed by atoms with Crippen molar-refractivity contribution in [2.24, 2.45) is 0 Å². The van der Waals surface area contributed by atoms with E-state index in [9.17, 15) is 9.90 Å². The third kappa shape index (κ3) is 3.65. The average molecular weight is 469 g/mol. The van der Waals surface area contributed by atoms with Crippen molar-refractivity contribution in [1.29, 1.82) is 0 Å². The molecule has 7 heteroatoms. The fourth-order valence-corrected chi connectivity index (χ4v) is 4.98. The lowest BCUT2D eigenvalue weighted by Crippen LogP contribution is -2.40. The molecule has 2 aliphatic heterocycles. The van der Waals surface area contributed by atoms with Gasteiger partial charge in [0.2, 0.25) is 0 Å². The molecule has 0 bridgehead atoms. The van der Waals surface area contributed by atoms with Gasteiger partial charge in [-0.05, 0) is 16.7 Å². The summed E-state index contributed by atoms with van der Waals surface area (Å²) in [6, 6.07) is 31.6. The van der Waals surface area contributed by atoms with E-state index >= 15 is 0 Å². The third-order valence-corrected chi connectivity index (χ3v) is 6.64. The minimum atomic E-state index is -0.961. The van der Waals surface area contributed by atoms with Crippen LogP contribution in [0.25, 0.3) is 0 Å². The molecule has 176 valence electrons. The summed E-state index contributed by atoms with van der Waals surface area (Å²) in [5.41, 5.74) is 1.58. The van der Waals surface area contributed by atoms with Gasteiger partial charge in [0.15, 0.2) is 12.3 Å². The van der Waals surface area contributed by atoms with Gasteiger partial charge in [0.25, 0.3) is 5.56 Å². The van der Waals surface area contributed by atoms with Gasteiger partial charge < -0.3 is 19.3 Å². The summed E-state index contributed by atoms with van der Waals surface area (Å²) in [6.07, 6.45) is -1.28. The number of hydrogen-bond acceptors (Lipinski definition) is 6. The second-order valence-electron chi connectivity index (χ2n) is 8.68. The Labute approximate surface area is 202 Å². The minimum absolute atomic E-state index is 0.110. The second-order valence-corrected chi connectivity index (χ2v) is 8.68. The van der Waals surface area contributed by atoms with Gasteiger partial charge in [-0.3, -0.25) is 9.36 Å². The summed E-state index contributed by atoms with van der Waals surface area (Å²) in [6.45, 7) is 0.110. The molecule has 3 heterocycles. The fraction of sp³-hybridized carbons (Fsp3) is 0.214. The molecule has 0 saturated carbocycles. The topological polar surface area (TPSA) is 82.8 Å². The Morgan fingerprint density at radius 2 is 1.40 bits per heavy atom. The molecule has 0 aliphatic carbocycles. The van der Waals surface area contributed by atoms with E-state index in [1.54, 1.807) is 10.8 Å². The normalized spacial score (nSPS) is 22.9. The monoisotopic (exact) mass is 468 g/mol. The van der Waals surface area contributed by atoms with E-state index in [1.807, 2.05) is 91.0 Å². The van der Waals surface area contributed by atoms with Crippen LogP contribution in [0.2, 0.25) is 0 Å². The molecule has 1 N–H and O–H groups in total. The van der Waals surface area contributed by atoms with E-state index in [0.717, 1.165) is 16.7 Å². The smallest absolute Gasteiger partial charge is 0.302 e. The van der Waals surface area contributed by atoms with E-state index in [-0.39, 0.29) is 12.6 Å². The highest BCUT2D eigenvalue weighted by Gasteiger charge is 2.52. The van der Waals surface area contributed by atoms with Crippen LogP contribution in [0.4, 0.5) is 0 Å². The van der Waals surface area contributed by atoms with Crippen molar-refractivity contribution >= 4 is 0 Å². The van der Waals surface area contributed by atoms with Crippen LogP contribution in [0.3, 0.4) is 0 Å². The van der Waals surface area contributed by atoms with Gasteiger partial charge in [-0.1, -0.05) is 91.0 Å². The Balaban J connectivity index is 1.37. The van der Waals surface area contributed by atoms with Crippen molar-refractivity contribution in [3.63, 3.8) is 0 Å². The van der Waals surface area contributed by atoms with Gasteiger partial charge in [0, 0.05) is 12.3 Å². The predicted octanol–water partition coefficient (Wildman–Crippen LogP) is 3.27. The summed E-state index contributed by atoms with van der Waals surface area (Å²) >= 11 is 0. The van der Waals surface area contributed by atoms with Crippen molar-refractivity contribution in [2.75, 3.05) is 6.61 Å². The molecule has 3 aromatic carbocycles. The molecule has 6 rings (SSSR count). The molecule has 1 aromatic heterocycles. The number of rotatable bonds is 6. The van der Waals surface area contributed by atoms with Gasteiger partial charge in [0.1, 0.15) is 17.8 Å². The van der Waals surface area contributed by atoms with Gasteiger partial charge in [-0.25, -0.2) is 0 Å². The molecular weight excluding hydrogens is 444 g/mol. The number of aliphatic hydroxyl groups excluding tert-OH is 1. The highest BCUT2D eigenvalue weighted by molar-refractivity contribution is 5.47. The molecule has 35 heavy (non-hydrogen) atoms. The average Bonchev–Trinajstić information content (AvgIpc) is 3.41. The summed E-state index contributed by atoms with van der Waals surface area (Å²) in [5, 5.41) is 11.1. The van der Waals surface area contributed by atoms with E-state index in [1.165, 1.54) is 6.07 Å². The largest absolute Gasteiger partial charge is 0.453 e. The first-order chi connectivity index (χ1) is 17.2. The zero-order valence-electron chi connectivity index (χ0n) is 18.8. The predicted molar refractivity (Wildman–Crippen MR) is 128 cm³/mol. The van der Waals surface area contributed by atoms with Crippen LogP contribution >= 0.6 is 0 Å². The number of nitrogens with zero attached hydrogens (tertiary/aromatic N) is 2. The summed E-state index contributed by atoms with van der Waals surface area (Å²) in [7, 11) is 0. The lowest BCUT2D eigenvalue weighted by atomic mass is 9.80. The highest BCUT2D eigenvalue weighted by atomic mass is 16.6. The van der Waals surface area contributed by atoms with Crippen LogP contribution in [0.15, 0.2) is 108 Å². The molecular formula is C28H24N2O5. The standard InChI is InChI=1S/C28H24N2O5/c31-23-16-17-30-26-25(35-27(30)29-23)24(32)22(34-26)18-33-28(19-10-4-1-5-11-19,20-12-6-2-7-13-20)21-14-8-3-9-15-21/h1-17,22,24-26,32H,18H2. The Bertz CT molecular complexity index is 1260. The quantitative estimate of drug-likeness (QED) is 0.438. The maximum atomic E-state index is 11.6. The maximum absolute atomic E-state index is 11.6. The number of fused-ring (bicyclic) bond motifs is 3. The fourth-order valence-electron chi connectivity index (χ4n) is 4.98. The van der Waals surface area contributed by atoms with Crippen molar-refractivity contribution in [2.45, 2.75) is 30.1 Å². The molecule has 7 nitrogen and oxygen atoms in total. The first-order valence-electron chi connectivity index (χ1n) is 11.6. The van der Waals surface area contributed by atoms with Crippen LogP contribution < -0.4 is 10.3 Å². The summed E-state index contributed by atoms with van der Waals surface area (Å²) in [4.78, 5) is 15.4. The molecule has 1 saturated heterocycles. The highest BCUT2D eigenvalue weighted by Crippen LogP contribution is 2.43. The lowest BCUT2D eigenvalue weighted by Gasteiger charge is -2.37. The molecule has 4 aromatic rings. The number of ether oxygens (including phenoxy) is 3. The zero-order chi connectivity index (χ0) is 23.8. The van der Waals surface area contributed by atoms with E-state index in [2.05, 4.69) is 4.98 Å². The molecule has 0 radical (unpaired) electrons. The third-order valence-electron chi connectivity index (χ3n) is 6.64. The summed E-state index contributed by atoms with van der Waals surface area (Å²) in [5.74, 6) is 0. The number of benzene rings is 3. The molecule has 0 spiro atoms. The molecule has 4 unspecified atom stereocenters. The Morgan fingerprint density at radius 1 is 0.857 bits per heavy atom. The molecule has 4 atom stereocenters. The van der Waals surface area contributed by atoms with Gasteiger partial charge in [-0.2, -0.15) is 4.98 Å². The van der Waals surface area contributed by atoms with Crippen LogP contribution in [0.1, 0.15) is 22.9 Å². The van der Waals surface area contributed by atoms with Crippen molar-refractivity contribution < 1.29 is 19.3 Å². The van der Waals surface area contributed by atoms with Crippen LogP contribution in [0, 0.1) is 0 Å².